The van der Waals surface area contributed by atoms with E-state index in [0.29, 0.717) is 0 Å². The first kappa shape index (κ1) is 11.2. The Hall–Kier alpha value is -0.870. The van der Waals surface area contributed by atoms with E-state index >= 15 is 0 Å². The summed E-state index contributed by atoms with van der Waals surface area (Å²) in [5, 5.41) is 16.7. The Morgan fingerprint density at radius 1 is 1.64 bits per heavy atom. The number of rotatable bonds is 6. The lowest BCUT2D eigenvalue weighted by atomic mass is 10.2. The fraction of sp³-hybridized carbons (Fsp3) is 0.700. The van der Waals surface area contributed by atoms with Crippen LogP contribution in [0.1, 0.15) is 25.5 Å². The molecule has 0 bridgehead atoms. The number of hydrogen-bond donors (Lipinski definition) is 2. The van der Waals surface area contributed by atoms with Gasteiger partial charge in [-0.15, -0.1) is 0 Å². The van der Waals surface area contributed by atoms with E-state index in [0.717, 1.165) is 31.6 Å². The predicted octanol–water partition coefficient (Wildman–Crippen LogP) is 0.671. The molecule has 0 fully saturated rings. The first-order chi connectivity index (χ1) is 6.74. The molecule has 1 heterocycles. The molecule has 1 aromatic rings. The van der Waals surface area contributed by atoms with Gasteiger partial charge in [-0.2, -0.15) is 5.10 Å². The number of aryl methyl sites for hydroxylation is 1. The van der Waals surface area contributed by atoms with Crippen molar-refractivity contribution in [1.82, 2.24) is 15.1 Å². The molecular formula is C10H19N3O. The summed E-state index contributed by atoms with van der Waals surface area (Å²) in [6, 6.07) is 1.99. The first-order valence-corrected chi connectivity index (χ1v) is 5.09. The van der Waals surface area contributed by atoms with Crippen LogP contribution in [0.15, 0.2) is 12.3 Å². The average molecular weight is 197 g/mol. The van der Waals surface area contributed by atoms with Gasteiger partial charge in [0.2, 0.25) is 0 Å². The smallest absolute Gasteiger partial charge is 0.0549 e. The van der Waals surface area contributed by atoms with E-state index in [1.165, 1.54) is 0 Å². The van der Waals surface area contributed by atoms with Gasteiger partial charge in [0.1, 0.15) is 0 Å². The fourth-order valence-corrected chi connectivity index (χ4v) is 1.26. The summed E-state index contributed by atoms with van der Waals surface area (Å²) in [6.45, 7) is 3.65. The number of aliphatic hydroxyl groups is 1. The number of hydrogen-bond acceptors (Lipinski definition) is 3. The number of aliphatic hydroxyl groups excluding tert-OH is 1. The van der Waals surface area contributed by atoms with E-state index < -0.39 is 0 Å². The normalized spacial score (nSPS) is 13.1. The Kier molecular flexibility index (Phi) is 4.62. The molecule has 0 radical (unpaired) electrons. The van der Waals surface area contributed by atoms with Crippen LogP contribution >= 0.6 is 0 Å². The minimum Gasteiger partial charge on any atom is -0.393 e. The van der Waals surface area contributed by atoms with Crippen LogP contribution in [-0.4, -0.2) is 27.5 Å². The van der Waals surface area contributed by atoms with Crippen LogP contribution < -0.4 is 5.32 Å². The summed E-state index contributed by atoms with van der Waals surface area (Å²) >= 11 is 0. The van der Waals surface area contributed by atoms with E-state index in [1.54, 1.807) is 6.20 Å². The second-order valence-corrected chi connectivity index (χ2v) is 3.47. The van der Waals surface area contributed by atoms with Gasteiger partial charge in [-0.1, -0.05) is 6.92 Å². The van der Waals surface area contributed by atoms with Gasteiger partial charge in [0.05, 0.1) is 11.8 Å². The SMILES string of the molecule is CCC(O)CCNCc1ccnn1C. The highest BCUT2D eigenvalue weighted by Crippen LogP contribution is 1.97. The highest BCUT2D eigenvalue weighted by molar-refractivity contribution is 4.98. The lowest BCUT2D eigenvalue weighted by Crippen LogP contribution is -2.21. The van der Waals surface area contributed by atoms with Gasteiger partial charge in [0, 0.05) is 19.8 Å². The molecule has 4 nitrogen and oxygen atoms in total. The molecule has 80 valence electrons. The summed E-state index contributed by atoms with van der Waals surface area (Å²) in [4.78, 5) is 0. The van der Waals surface area contributed by atoms with Crippen molar-refractivity contribution in [3.8, 4) is 0 Å². The van der Waals surface area contributed by atoms with Crippen molar-refractivity contribution in [2.75, 3.05) is 6.54 Å². The van der Waals surface area contributed by atoms with Crippen LogP contribution in [0.25, 0.3) is 0 Å². The lowest BCUT2D eigenvalue weighted by molar-refractivity contribution is 0.159. The standard InChI is InChI=1S/C10H19N3O/c1-3-10(14)5-6-11-8-9-4-7-12-13(9)2/h4,7,10-11,14H,3,5-6,8H2,1-2H3. The molecule has 0 spiro atoms. The Balaban J connectivity index is 2.13. The second kappa shape index (κ2) is 5.78. The Bertz CT molecular complexity index is 260. The molecule has 14 heavy (non-hydrogen) atoms. The minimum absolute atomic E-state index is 0.172. The molecule has 0 amide bonds. The highest BCUT2D eigenvalue weighted by atomic mass is 16.3. The van der Waals surface area contributed by atoms with Gasteiger partial charge in [-0.05, 0) is 25.5 Å². The van der Waals surface area contributed by atoms with E-state index in [-0.39, 0.29) is 6.10 Å². The highest BCUT2D eigenvalue weighted by Gasteiger charge is 2.00. The summed E-state index contributed by atoms with van der Waals surface area (Å²) in [5.74, 6) is 0. The summed E-state index contributed by atoms with van der Waals surface area (Å²) in [5.41, 5.74) is 1.16. The van der Waals surface area contributed by atoms with Crippen molar-refractivity contribution in [2.24, 2.45) is 7.05 Å². The maximum Gasteiger partial charge on any atom is 0.0549 e. The van der Waals surface area contributed by atoms with Crippen LogP contribution in [0, 0.1) is 0 Å². The van der Waals surface area contributed by atoms with Gasteiger partial charge in [-0.3, -0.25) is 4.68 Å². The lowest BCUT2D eigenvalue weighted by Gasteiger charge is -2.08. The van der Waals surface area contributed by atoms with Crippen LogP contribution in [0.3, 0.4) is 0 Å². The average Bonchev–Trinajstić information content (AvgIpc) is 2.58. The number of nitrogens with zero attached hydrogens (tertiary/aromatic N) is 2. The molecule has 0 saturated heterocycles. The van der Waals surface area contributed by atoms with E-state index in [9.17, 15) is 5.11 Å². The van der Waals surface area contributed by atoms with Crippen LogP contribution in [-0.2, 0) is 13.6 Å². The van der Waals surface area contributed by atoms with Crippen LogP contribution in [0.4, 0.5) is 0 Å². The molecule has 1 aromatic heterocycles. The molecule has 0 aliphatic carbocycles. The molecule has 0 saturated carbocycles. The van der Waals surface area contributed by atoms with Crippen molar-refractivity contribution in [3.63, 3.8) is 0 Å². The Morgan fingerprint density at radius 2 is 2.43 bits per heavy atom. The van der Waals surface area contributed by atoms with E-state index in [2.05, 4.69) is 10.4 Å². The van der Waals surface area contributed by atoms with Gasteiger partial charge in [0.25, 0.3) is 0 Å². The quantitative estimate of drug-likeness (QED) is 0.659. The van der Waals surface area contributed by atoms with Crippen molar-refractivity contribution in [1.29, 1.82) is 0 Å². The molecule has 0 aromatic carbocycles. The summed E-state index contributed by atoms with van der Waals surface area (Å²) < 4.78 is 1.85. The third-order valence-corrected chi connectivity index (χ3v) is 2.35. The van der Waals surface area contributed by atoms with E-state index in [1.807, 2.05) is 24.7 Å². The largest absolute Gasteiger partial charge is 0.393 e. The molecule has 2 N–H and O–H groups in total. The maximum absolute atomic E-state index is 9.31. The fourth-order valence-electron chi connectivity index (χ4n) is 1.26. The zero-order valence-electron chi connectivity index (χ0n) is 8.90. The van der Waals surface area contributed by atoms with Gasteiger partial charge < -0.3 is 10.4 Å². The molecule has 4 heteroatoms. The maximum atomic E-state index is 9.31. The van der Waals surface area contributed by atoms with Crippen LogP contribution in [0.2, 0.25) is 0 Å². The molecular weight excluding hydrogens is 178 g/mol. The monoisotopic (exact) mass is 197 g/mol. The Morgan fingerprint density at radius 3 is 3.00 bits per heavy atom. The van der Waals surface area contributed by atoms with Crippen molar-refractivity contribution >= 4 is 0 Å². The third kappa shape index (κ3) is 3.47. The van der Waals surface area contributed by atoms with Crippen molar-refractivity contribution < 1.29 is 5.11 Å². The molecule has 0 aliphatic heterocycles. The zero-order chi connectivity index (χ0) is 10.4. The van der Waals surface area contributed by atoms with E-state index in [4.69, 9.17) is 0 Å². The predicted molar refractivity (Wildman–Crippen MR) is 55.8 cm³/mol. The van der Waals surface area contributed by atoms with Crippen LogP contribution in [0.5, 0.6) is 0 Å². The Labute approximate surface area is 84.9 Å². The number of nitrogens with one attached hydrogen (secondary N) is 1. The molecule has 1 rings (SSSR count). The van der Waals surface area contributed by atoms with Gasteiger partial charge >= 0.3 is 0 Å². The summed E-state index contributed by atoms with van der Waals surface area (Å²) in [6.07, 6.45) is 3.26. The van der Waals surface area contributed by atoms with Gasteiger partial charge in [0.15, 0.2) is 0 Å². The van der Waals surface area contributed by atoms with Gasteiger partial charge in [-0.25, -0.2) is 0 Å². The van der Waals surface area contributed by atoms with Crippen molar-refractivity contribution in [3.05, 3.63) is 18.0 Å². The van der Waals surface area contributed by atoms with Crippen molar-refractivity contribution in [2.45, 2.75) is 32.4 Å². The zero-order valence-corrected chi connectivity index (χ0v) is 8.90. The second-order valence-electron chi connectivity index (χ2n) is 3.47. The summed E-state index contributed by atoms with van der Waals surface area (Å²) in [7, 11) is 1.93. The molecule has 0 aliphatic rings. The number of aromatic nitrogens is 2. The molecule has 1 unspecified atom stereocenters. The topological polar surface area (TPSA) is 50.1 Å². The first-order valence-electron chi connectivity index (χ1n) is 5.09. The molecule has 1 atom stereocenters. The minimum atomic E-state index is -0.172. The third-order valence-electron chi connectivity index (χ3n) is 2.35.